The molecule has 0 bridgehead atoms. The summed E-state index contributed by atoms with van der Waals surface area (Å²) in [5.41, 5.74) is 4.92. The third kappa shape index (κ3) is 4.90. The third-order valence-corrected chi connectivity index (χ3v) is 6.50. The minimum Gasteiger partial charge on any atom is -0.495 e. The average molecular weight is 503 g/mol. The lowest BCUT2D eigenvalue weighted by Gasteiger charge is -2.15. The molecule has 1 aliphatic carbocycles. The molecule has 184 valence electrons. The molecule has 2 aromatic carbocycles. The van der Waals surface area contributed by atoms with E-state index in [1.165, 1.54) is 17.3 Å². The first kappa shape index (κ1) is 23.8. The number of anilines is 2. The van der Waals surface area contributed by atoms with Gasteiger partial charge in [-0.05, 0) is 62.1 Å². The van der Waals surface area contributed by atoms with Crippen LogP contribution >= 0.6 is 11.6 Å². The van der Waals surface area contributed by atoms with Crippen molar-refractivity contribution in [3.63, 3.8) is 0 Å². The zero-order valence-electron chi connectivity index (χ0n) is 20.3. The van der Waals surface area contributed by atoms with E-state index in [9.17, 15) is 4.79 Å². The summed E-state index contributed by atoms with van der Waals surface area (Å²) < 4.78 is 7.40. The molecule has 5 rings (SSSR count). The zero-order chi connectivity index (χ0) is 25.2. The predicted molar refractivity (Wildman–Crippen MR) is 140 cm³/mol. The van der Waals surface area contributed by atoms with Gasteiger partial charge in [-0.1, -0.05) is 35.9 Å². The van der Waals surface area contributed by atoms with Crippen LogP contribution in [0.25, 0.3) is 11.4 Å². The highest BCUT2D eigenvalue weighted by molar-refractivity contribution is 6.32. The zero-order valence-corrected chi connectivity index (χ0v) is 21.1. The molecule has 8 nitrogen and oxygen atoms in total. The summed E-state index contributed by atoms with van der Waals surface area (Å²) in [7, 11) is 1.56. The van der Waals surface area contributed by atoms with E-state index in [1.54, 1.807) is 25.3 Å². The van der Waals surface area contributed by atoms with E-state index in [0.717, 1.165) is 12.8 Å². The van der Waals surface area contributed by atoms with Crippen molar-refractivity contribution < 1.29 is 9.53 Å². The number of carbonyl (C=O) groups excluding carboxylic acids is 1. The van der Waals surface area contributed by atoms with Crippen LogP contribution in [0.4, 0.5) is 11.6 Å². The van der Waals surface area contributed by atoms with Crippen LogP contribution in [0.5, 0.6) is 5.75 Å². The summed E-state index contributed by atoms with van der Waals surface area (Å²) in [5, 5.41) is 11.3. The Kier molecular flexibility index (Phi) is 6.61. The van der Waals surface area contributed by atoms with E-state index in [4.69, 9.17) is 16.3 Å². The van der Waals surface area contributed by atoms with Crippen molar-refractivity contribution in [2.75, 3.05) is 12.4 Å². The van der Waals surface area contributed by atoms with E-state index in [0.29, 0.717) is 39.4 Å². The van der Waals surface area contributed by atoms with Crippen LogP contribution in [-0.4, -0.2) is 38.8 Å². The molecule has 9 heteroatoms. The summed E-state index contributed by atoms with van der Waals surface area (Å²) >= 11 is 6.36. The Morgan fingerprint density at radius 2 is 1.89 bits per heavy atom. The minimum absolute atomic E-state index is 0.0822. The molecule has 0 aliphatic heterocycles. The second kappa shape index (κ2) is 9.99. The molecule has 0 saturated carbocycles. The Morgan fingerprint density at radius 1 is 1.14 bits per heavy atom. The number of nitrogens with one attached hydrogen (secondary N) is 2. The maximum Gasteiger partial charge on any atom is 0.251 e. The highest BCUT2D eigenvalue weighted by Gasteiger charge is 2.23. The number of nitrogens with zero attached hydrogens (tertiary/aromatic N) is 4. The summed E-state index contributed by atoms with van der Waals surface area (Å²) in [6.45, 7) is 4.10. The van der Waals surface area contributed by atoms with Crippen molar-refractivity contribution in [3.05, 3.63) is 82.6 Å². The smallest absolute Gasteiger partial charge is 0.251 e. The number of rotatable bonds is 7. The first-order valence-electron chi connectivity index (χ1n) is 11.8. The van der Waals surface area contributed by atoms with Crippen molar-refractivity contribution in [3.8, 4) is 17.1 Å². The minimum atomic E-state index is -0.136. The lowest BCUT2D eigenvalue weighted by atomic mass is 10.1. The van der Waals surface area contributed by atoms with Crippen LogP contribution in [0.2, 0.25) is 5.02 Å². The Balaban J connectivity index is 1.32. The van der Waals surface area contributed by atoms with Crippen molar-refractivity contribution in [1.82, 2.24) is 25.1 Å². The molecule has 36 heavy (non-hydrogen) atoms. The van der Waals surface area contributed by atoms with Gasteiger partial charge < -0.3 is 15.4 Å². The summed E-state index contributed by atoms with van der Waals surface area (Å²) in [6.07, 6.45) is 5.10. The molecule has 2 heterocycles. The molecule has 0 unspecified atom stereocenters. The second-order valence-corrected chi connectivity index (χ2v) is 9.46. The van der Waals surface area contributed by atoms with Crippen LogP contribution in [-0.2, 0) is 12.8 Å². The fraction of sp³-hybridized carbons (Fsp3) is 0.259. The van der Waals surface area contributed by atoms with Gasteiger partial charge in [0.2, 0.25) is 5.95 Å². The van der Waals surface area contributed by atoms with Crippen LogP contribution in [0.3, 0.4) is 0 Å². The molecule has 0 atom stereocenters. The standard InChI is InChI=1S/C27H27ClN6O2/c1-16(2)34-11-10-23(33-34)25-21(28)15-29-27(32-25)31-22-9-8-19(14-24(22)36-3)26(35)30-20-12-17-6-4-5-7-18(17)13-20/h4-11,14-16,20H,12-13H2,1-3H3,(H,30,35)(H,29,31,32). The van der Waals surface area contributed by atoms with Gasteiger partial charge in [0.15, 0.2) is 0 Å². The van der Waals surface area contributed by atoms with Gasteiger partial charge in [0.25, 0.3) is 5.91 Å². The summed E-state index contributed by atoms with van der Waals surface area (Å²) in [5.74, 6) is 0.706. The van der Waals surface area contributed by atoms with Crippen LogP contribution in [0.1, 0.15) is 41.4 Å². The first-order valence-corrected chi connectivity index (χ1v) is 12.2. The van der Waals surface area contributed by atoms with Gasteiger partial charge in [-0.25, -0.2) is 9.97 Å². The number of fused-ring (bicyclic) bond motifs is 1. The lowest BCUT2D eigenvalue weighted by Crippen LogP contribution is -2.35. The normalized spacial score (nSPS) is 13.0. The Morgan fingerprint density at radius 3 is 2.56 bits per heavy atom. The van der Waals surface area contributed by atoms with Crippen molar-refractivity contribution in [1.29, 1.82) is 0 Å². The molecule has 1 amide bonds. The molecule has 0 radical (unpaired) electrons. The van der Waals surface area contributed by atoms with Crippen molar-refractivity contribution in [2.24, 2.45) is 0 Å². The van der Waals surface area contributed by atoms with E-state index < -0.39 is 0 Å². The fourth-order valence-electron chi connectivity index (χ4n) is 4.34. The molecule has 2 N–H and O–H groups in total. The monoisotopic (exact) mass is 502 g/mol. The maximum absolute atomic E-state index is 12.9. The van der Waals surface area contributed by atoms with Gasteiger partial charge in [-0.2, -0.15) is 5.10 Å². The van der Waals surface area contributed by atoms with Gasteiger partial charge in [0.05, 0.1) is 24.0 Å². The van der Waals surface area contributed by atoms with Crippen LogP contribution < -0.4 is 15.4 Å². The molecule has 1 aliphatic rings. The number of hydrogen-bond donors (Lipinski definition) is 2. The molecule has 0 spiro atoms. The van der Waals surface area contributed by atoms with Crippen molar-refractivity contribution in [2.45, 2.75) is 38.8 Å². The molecule has 0 fully saturated rings. The highest BCUT2D eigenvalue weighted by atomic mass is 35.5. The third-order valence-electron chi connectivity index (χ3n) is 6.22. The maximum atomic E-state index is 12.9. The number of ether oxygens (including phenoxy) is 1. The summed E-state index contributed by atoms with van der Waals surface area (Å²) in [4.78, 5) is 21.8. The fourth-order valence-corrected chi connectivity index (χ4v) is 4.53. The van der Waals surface area contributed by atoms with Gasteiger partial charge in [0, 0.05) is 23.8 Å². The number of amides is 1. The molecule has 0 saturated heterocycles. The Hall–Kier alpha value is -3.91. The van der Waals surface area contributed by atoms with Gasteiger partial charge >= 0.3 is 0 Å². The average Bonchev–Trinajstić information content (AvgIpc) is 3.52. The number of aromatic nitrogens is 4. The molecule has 4 aromatic rings. The molecule has 2 aromatic heterocycles. The number of benzene rings is 2. The Labute approximate surface area is 214 Å². The van der Waals surface area contributed by atoms with E-state index in [-0.39, 0.29) is 18.0 Å². The van der Waals surface area contributed by atoms with E-state index in [2.05, 4.69) is 37.8 Å². The SMILES string of the molecule is COc1cc(C(=O)NC2Cc3ccccc3C2)ccc1Nc1ncc(Cl)c(-c2ccn(C(C)C)n2)n1. The lowest BCUT2D eigenvalue weighted by molar-refractivity contribution is 0.0938. The predicted octanol–water partition coefficient (Wildman–Crippen LogP) is 5.22. The van der Waals surface area contributed by atoms with Gasteiger partial charge in [0.1, 0.15) is 17.1 Å². The van der Waals surface area contributed by atoms with Crippen LogP contribution in [0, 0.1) is 0 Å². The van der Waals surface area contributed by atoms with Crippen LogP contribution in [0.15, 0.2) is 60.9 Å². The Bertz CT molecular complexity index is 1390. The number of methoxy groups -OCH3 is 1. The van der Waals surface area contributed by atoms with E-state index in [1.807, 2.05) is 42.9 Å². The number of hydrogen-bond acceptors (Lipinski definition) is 6. The molecular formula is C27H27ClN6O2. The number of halogens is 1. The van der Waals surface area contributed by atoms with E-state index >= 15 is 0 Å². The number of carbonyl (C=O) groups is 1. The van der Waals surface area contributed by atoms with Crippen molar-refractivity contribution >= 4 is 29.1 Å². The highest BCUT2D eigenvalue weighted by Crippen LogP contribution is 2.31. The topological polar surface area (TPSA) is 94.0 Å². The first-order chi connectivity index (χ1) is 17.4. The quantitative estimate of drug-likeness (QED) is 0.359. The largest absolute Gasteiger partial charge is 0.495 e. The van der Waals surface area contributed by atoms with Gasteiger partial charge in [-0.15, -0.1) is 0 Å². The second-order valence-electron chi connectivity index (χ2n) is 9.05. The van der Waals surface area contributed by atoms with Gasteiger partial charge in [-0.3, -0.25) is 9.48 Å². The summed E-state index contributed by atoms with van der Waals surface area (Å²) in [6, 6.07) is 15.7. The molecular weight excluding hydrogens is 476 g/mol.